The number of hydrogen-bond acceptors (Lipinski definition) is 5. The Bertz CT molecular complexity index is 1140. The van der Waals surface area contributed by atoms with Gasteiger partial charge in [0.1, 0.15) is 5.72 Å². The molecular weight excluding hydrogens is 364 g/mol. The number of nitriles is 1. The molecule has 0 fully saturated rings. The van der Waals surface area contributed by atoms with Crippen LogP contribution in [-0.4, -0.2) is 29.6 Å². The van der Waals surface area contributed by atoms with E-state index in [1.54, 1.807) is 11.1 Å². The minimum Gasteiger partial charge on any atom is -0.371 e. The molecule has 0 saturated carbocycles. The highest BCUT2D eigenvalue weighted by atomic mass is 16.3. The standard InChI is InChI=1S/C22H24N6O/c1-21-9-5-11-26(15-23)20(21)19-17(8-12-27-13-10-24-25-27)16-6-3-4-7-18(16)28(19)22(2,29)14-21/h3-7,10-11,13,20,29H,8-9,12,14H2,1-2H3. The number of rotatable bonds is 3. The molecule has 1 aromatic carbocycles. The molecule has 7 heteroatoms. The number of allylic oxidation sites excluding steroid dienone is 1. The van der Waals surface area contributed by atoms with Crippen molar-refractivity contribution in [3.63, 3.8) is 0 Å². The van der Waals surface area contributed by atoms with Crippen LogP contribution in [0.2, 0.25) is 0 Å². The molecule has 5 rings (SSSR count). The molecule has 148 valence electrons. The molecule has 2 aliphatic heterocycles. The number of fused-ring (bicyclic) bond motifs is 5. The van der Waals surface area contributed by atoms with Gasteiger partial charge in [-0.15, -0.1) is 5.10 Å². The quantitative estimate of drug-likeness (QED) is 0.696. The Morgan fingerprint density at radius 1 is 1.31 bits per heavy atom. The molecule has 2 aliphatic rings. The summed E-state index contributed by atoms with van der Waals surface area (Å²) in [6.45, 7) is 4.76. The van der Waals surface area contributed by atoms with Crippen LogP contribution >= 0.6 is 0 Å². The maximum Gasteiger partial charge on any atom is 0.184 e. The third kappa shape index (κ3) is 2.60. The number of hydrogen-bond donors (Lipinski definition) is 1. The van der Waals surface area contributed by atoms with E-state index in [0.717, 1.165) is 29.4 Å². The second-order valence-corrected chi connectivity index (χ2v) is 8.68. The molecule has 0 saturated heterocycles. The second-order valence-electron chi connectivity index (χ2n) is 8.68. The van der Waals surface area contributed by atoms with Gasteiger partial charge in [-0.05, 0) is 31.4 Å². The first-order valence-corrected chi connectivity index (χ1v) is 9.98. The van der Waals surface area contributed by atoms with Crippen molar-refractivity contribution in [3.05, 3.63) is 60.2 Å². The van der Waals surface area contributed by atoms with Crippen LogP contribution in [0.4, 0.5) is 0 Å². The minimum absolute atomic E-state index is 0.115. The van der Waals surface area contributed by atoms with Crippen LogP contribution in [0, 0.1) is 16.9 Å². The number of nitrogens with zero attached hydrogens (tertiary/aromatic N) is 6. The Morgan fingerprint density at radius 2 is 2.14 bits per heavy atom. The van der Waals surface area contributed by atoms with E-state index < -0.39 is 5.72 Å². The predicted molar refractivity (Wildman–Crippen MR) is 108 cm³/mol. The SMILES string of the molecule is CC12CC=CN(C#N)C1c1c(CCn3ccnn3)c3ccccc3n1C(C)(O)C2. The molecule has 0 aliphatic carbocycles. The lowest BCUT2D eigenvalue weighted by atomic mass is 9.67. The van der Waals surface area contributed by atoms with Gasteiger partial charge >= 0.3 is 0 Å². The highest BCUT2D eigenvalue weighted by molar-refractivity contribution is 5.86. The van der Waals surface area contributed by atoms with Crippen LogP contribution in [-0.2, 0) is 18.7 Å². The minimum atomic E-state index is -1.03. The van der Waals surface area contributed by atoms with Gasteiger partial charge in [-0.2, -0.15) is 5.26 Å². The Kier molecular flexibility index (Phi) is 3.83. The molecule has 29 heavy (non-hydrogen) atoms. The van der Waals surface area contributed by atoms with E-state index in [4.69, 9.17) is 0 Å². The number of aryl methyl sites for hydroxylation is 2. The monoisotopic (exact) mass is 388 g/mol. The average Bonchev–Trinajstić information content (AvgIpc) is 3.31. The summed E-state index contributed by atoms with van der Waals surface area (Å²) in [7, 11) is 0. The van der Waals surface area contributed by atoms with Crippen molar-refractivity contribution in [3.8, 4) is 6.19 Å². The van der Waals surface area contributed by atoms with Gasteiger partial charge < -0.3 is 9.67 Å². The molecule has 3 unspecified atom stereocenters. The molecule has 0 bridgehead atoms. The molecule has 4 heterocycles. The Morgan fingerprint density at radius 3 is 2.90 bits per heavy atom. The molecule has 0 amide bonds. The summed E-state index contributed by atoms with van der Waals surface area (Å²) in [6.07, 6.45) is 12.0. The Labute approximate surface area is 169 Å². The van der Waals surface area contributed by atoms with Crippen LogP contribution in [0.5, 0.6) is 0 Å². The van der Waals surface area contributed by atoms with Gasteiger partial charge in [-0.1, -0.05) is 36.4 Å². The summed E-state index contributed by atoms with van der Waals surface area (Å²) in [5, 5.41) is 30.6. The van der Waals surface area contributed by atoms with E-state index in [9.17, 15) is 10.4 Å². The van der Waals surface area contributed by atoms with Crippen molar-refractivity contribution in [1.82, 2.24) is 24.5 Å². The van der Waals surface area contributed by atoms with Crippen molar-refractivity contribution in [2.75, 3.05) is 0 Å². The average molecular weight is 388 g/mol. The summed E-state index contributed by atoms with van der Waals surface area (Å²) >= 11 is 0. The van der Waals surface area contributed by atoms with Crippen LogP contribution in [0.15, 0.2) is 48.9 Å². The smallest absolute Gasteiger partial charge is 0.184 e. The zero-order chi connectivity index (χ0) is 20.2. The molecular formula is C22H24N6O. The van der Waals surface area contributed by atoms with Gasteiger partial charge in [-0.25, -0.2) is 0 Å². The normalized spacial score (nSPS) is 28.2. The molecule has 0 spiro atoms. The van der Waals surface area contributed by atoms with Crippen molar-refractivity contribution < 1.29 is 5.11 Å². The van der Waals surface area contributed by atoms with Crippen LogP contribution < -0.4 is 0 Å². The van der Waals surface area contributed by atoms with Crippen LogP contribution in [0.1, 0.15) is 44.0 Å². The first kappa shape index (κ1) is 18.0. The predicted octanol–water partition coefficient (Wildman–Crippen LogP) is 3.29. The summed E-state index contributed by atoms with van der Waals surface area (Å²) in [5.74, 6) is 0. The highest BCUT2D eigenvalue weighted by Crippen LogP contribution is 2.56. The highest BCUT2D eigenvalue weighted by Gasteiger charge is 2.52. The fourth-order valence-electron chi connectivity index (χ4n) is 5.51. The summed E-state index contributed by atoms with van der Waals surface area (Å²) in [4.78, 5) is 1.75. The zero-order valence-electron chi connectivity index (χ0n) is 16.7. The van der Waals surface area contributed by atoms with Crippen molar-refractivity contribution >= 4 is 10.9 Å². The van der Waals surface area contributed by atoms with E-state index in [1.165, 1.54) is 5.56 Å². The van der Waals surface area contributed by atoms with Crippen LogP contribution in [0.3, 0.4) is 0 Å². The van der Waals surface area contributed by atoms with Crippen molar-refractivity contribution in [1.29, 1.82) is 5.26 Å². The second kappa shape index (κ2) is 6.19. The topological polar surface area (TPSA) is 82.9 Å². The molecule has 1 N–H and O–H groups in total. The van der Waals surface area contributed by atoms with E-state index >= 15 is 0 Å². The molecule has 3 atom stereocenters. The largest absolute Gasteiger partial charge is 0.371 e. The maximum atomic E-state index is 11.6. The summed E-state index contributed by atoms with van der Waals surface area (Å²) in [6, 6.07) is 8.09. The zero-order valence-corrected chi connectivity index (χ0v) is 16.7. The molecule has 3 aromatic rings. The van der Waals surface area contributed by atoms with Gasteiger partial charge in [-0.3, -0.25) is 9.58 Å². The van der Waals surface area contributed by atoms with Crippen molar-refractivity contribution in [2.45, 2.75) is 51.4 Å². The number of aliphatic hydroxyl groups is 1. The maximum absolute atomic E-state index is 11.6. The van der Waals surface area contributed by atoms with Gasteiger partial charge in [0.2, 0.25) is 0 Å². The molecule has 0 radical (unpaired) electrons. The molecule has 2 aromatic heterocycles. The lowest BCUT2D eigenvalue weighted by molar-refractivity contribution is -0.0986. The first-order chi connectivity index (χ1) is 13.9. The summed E-state index contributed by atoms with van der Waals surface area (Å²) in [5.41, 5.74) is 1.95. The lowest BCUT2D eigenvalue weighted by Gasteiger charge is -2.52. The number of aromatic nitrogens is 4. The molecule has 7 nitrogen and oxygen atoms in total. The van der Waals surface area contributed by atoms with Crippen LogP contribution in [0.25, 0.3) is 10.9 Å². The van der Waals surface area contributed by atoms with Gasteiger partial charge in [0.15, 0.2) is 6.19 Å². The number of benzene rings is 1. The van der Waals surface area contributed by atoms with E-state index in [1.807, 2.05) is 42.2 Å². The summed E-state index contributed by atoms with van der Waals surface area (Å²) < 4.78 is 3.89. The van der Waals surface area contributed by atoms with Gasteiger partial charge in [0, 0.05) is 41.9 Å². The third-order valence-electron chi connectivity index (χ3n) is 6.47. The van der Waals surface area contributed by atoms with Gasteiger partial charge in [0.05, 0.1) is 17.8 Å². The fraction of sp³-hybridized carbons (Fsp3) is 0.409. The van der Waals surface area contributed by atoms with Gasteiger partial charge in [0.25, 0.3) is 0 Å². The first-order valence-electron chi connectivity index (χ1n) is 9.98. The fourth-order valence-corrected chi connectivity index (χ4v) is 5.51. The Balaban J connectivity index is 1.77. The van der Waals surface area contributed by atoms with E-state index in [-0.39, 0.29) is 11.5 Å². The van der Waals surface area contributed by atoms with Crippen molar-refractivity contribution in [2.24, 2.45) is 5.41 Å². The van der Waals surface area contributed by atoms with E-state index in [2.05, 4.69) is 40.1 Å². The Hall–Kier alpha value is -3.11. The third-order valence-corrected chi connectivity index (χ3v) is 6.47. The lowest BCUT2D eigenvalue weighted by Crippen LogP contribution is -2.50. The van der Waals surface area contributed by atoms with E-state index in [0.29, 0.717) is 13.0 Å². The number of para-hydroxylation sites is 1.